The van der Waals surface area contributed by atoms with Crippen LogP contribution in [0.15, 0.2) is 35.5 Å². The first-order valence-electron chi connectivity index (χ1n) is 25.2. The number of carbonyl (C=O) groups excluding carboxylic acids is 3. The van der Waals surface area contributed by atoms with Crippen molar-refractivity contribution in [2.75, 3.05) is 45.8 Å². The molecule has 2 N–H and O–H groups in total. The molecule has 2 aliphatic carbocycles. The molecule has 1 aromatic carbocycles. The van der Waals surface area contributed by atoms with Crippen LogP contribution in [0.2, 0.25) is 0 Å². The van der Waals surface area contributed by atoms with Crippen LogP contribution < -0.4 is 10.7 Å². The minimum Gasteiger partial charge on any atom is -0.464 e. The first-order valence-corrected chi connectivity index (χ1v) is 26.2. The molecule has 0 radical (unpaired) electrons. The van der Waals surface area contributed by atoms with Crippen molar-refractivity contribution in [2.45, 2.75) is 154 Å². The molecule has 7 heterocycles. The van der Waals surface area contributed by atoms with Crippen molar-refractivity contribution in [3.05, 3.63) is 52.8 Å². The van der Waals surface area contributed by atoms with E-state index >= 15 is 0 Å². The van der Waals surface area contributed by atoms with Crippen molar-refractivity contribution in [3.63, 3.8) is 0 Å². The lowest BCUT2D eigenvalue weighted by Crippen LogP contribution is -2.63. The fourth-order valence-electron chi connectivity index (χ4n) is 12.0. The number of piperidine rings is 1. The smallest absolute Gasteiger partial charge is 0.324 e. The highest BCUT2D eigenvalue weighted by atomic mass is 32.2. The number of rotatable bonds is 10. The van der Waals surface area contributed by atoms with Crippen LogP contribution in [0, 0.1) is 23.2 Å². The van der Waals surface area contributed by atoms with E-state index in [1.165, 1.54) is 29.0 Å². The molecule has 3 aromatic rings. The SMILES string of the molecule is CCO[C@@H]1C2=NC(CS2)c2ccc3c(c2)c(c(-c2cc(C4C[C@@H]5COC[C@@H](C4)N5C4CC4)cnc2[C@H](C)OC)n3CC)CC(C)(C)COC(=O)[C@@H]2CCCN(N2)C(=O)[C@H]1NC(=O)[C@H]1[C@H](C)[C@@H]1C. The van der Waals surface area contributed by atoms with Gasteiger partial charge in [0, 0.05) is 84.7 Å². The molecule has 5 fully saturated rings. The number of benzene rings is 1. The van der Waals surface area contributed by atoms with E-state index in [-0.39, 0.29) is 48.3 Å². The molecule has 10 rings (SSSR count). The van der Waals surface area contributed by atoms with Gasteiger partial charge in [0.15, 0.2) is 0 Å². The van der Waals surface area contributed by atoms with Crippen LogP contribution in [0.25, 0.3) is 22.2 Å². The minimum atomic E-state index is -1.04. The maximum absolute atomic E-state index is 14.7. The number of thioether (sulfide) groups is 1. The van der Waals surface area contributed by atoms with Gasteiger partial charge < -0.3 is 28.8 Å². The number of hydrogen-bond donors (Lipinski definition) is 2. The number of aliphatic imine (C=N–C) groups is 1. The predicted octanol–water partition coefficient (Wildman–Crippen LogP) is 7.14. The maximum Gasteiger partial charge on any atom is 0.324 e. The monoisotopic (exact) mass is 938 g/mol. The third-order valence-corrected chi connectivity index (χ3v) is 17.2. The minimum absolute atomic E-state index is 0.158. The second-order valence-corrected chi connectivity index (χ2v) is 22.3. The maximum atomic E-state index is 14.7. The summed E-state index contributed by atoms with van der Waals surface area (Å²) in [6.07, 6.45) is 7.49. The van der Waals surface area contributed by atoms with E-state index in [1.54, 1.807) is 18.9 Å². The van der Waals surface area contributed by atoms with Crippen LogP contribution in [0.5, 0.6) is 0 Å². The zero-order valence-corrected chi connectivity index (χ0v) is 41.5. The molecule has 0 spiro atoms. The fraction of sp³-hybridized carbons (Fsp3) is 0.673. The molecule has 14 nitrogen and oxygen atoms in total. The van der Waals surface area contributed by atoms with Gasteiger partial charge in [-0.1, -0.05) is 33.8 Å². The van der Waals surface area contributed by atoms with Gasteiger partial charge in [-0.05, 0) is 118 Å². The van der Waals surface area contributed by atoms with E-state index in [2.05, 4.69) is 92.2 Å². The third kappa shape index (κ3) is 8.99. The average molecular weight is 938 g/mol. The standard InChI is InChI=1S/C52H71N7O7S/c1-9-57-42-16-13-31-20-37(42)39(46(57)38-21-33(23-53-44(38)30(5)63-8)32-18-35-24-64-25-36(19-32)59(35)34-14-15-34)22-52(6,7)27-66-51(62)40-12-11-17-58(56-40)50(61)45(55-48(60)43-28(3)29(43)4)47(65-10-2)49-54-41(31)26-67-49/h13,16,20-21,23,28-30,32,34-36,40-41,43,45,47,56H,9-12,14-15,17-19,22,24-27H2,1-8H3,(H,55,60)/t28-,29+,30-,35+,36+,40-,41?,43+,45-,47-/m0/s1. The Bertz CT molecular complexity index is 2400. The van der Waals surface area contributed by atoms with Crippen molar-refractivity contribution in [3.8, 4) is 11.3 Å². The van der Waals surface area contributed by atoms with E-state index < -0.39 is 29.6 Å². The Balaban J connectivity index is 1.09. The van der Waals surface area contributed by atoms with E-state index in [0.29, 0.717) is 67.3 Å². The van der Waals surface area contributed by atoms with Gasteiger partial charge in [-0.15, -0.1) is 11.8 Å². The van der Waals surface area contributed by atoms with E-state index in [4.69, 9.17) is 28.9 Å². The van der Waals surface area contributed by atoms with Gasteiger partial charge in [-0.2, -0.15) is 0 Å². The number of carbonyl (C=O) groups is 3. The molecule has 7 aliphatic rings. The van der Waals surface area contributed by atoms with Crippen molar-refractivity contribution in [1.82, 2.24) is 30.2 Å². The molecule has 2 aromatic heterocycles. The summed E-state index contributed by atoms with van der Waals surface area (Å²) < 4.78 is 27.3. The lowest BCUT2D eigenvalue weighted by molar-refractivity contribution is -0.156. The number of esters is 1. The number of fused-ring (bicyclic) bond motifs is 7. The van der Waals surface area contributed by atoms with Gasteiger partial charge in [0.25, 0.3) is 5.91 Å². The summed E-state index contributed by atoms with van der Waals surface area (Å²) in [5.41, 5.74) is 10.5. The Morgan fingerprint density at radius 2 is 1.81 bits per heavy atom. The summed E-state index contributed by atoms with van der Waals surface area (Å²) in [5.74, 6) is 0.395. The molecular formula is C52H71N7O7S. The summed E-state index contributed by atoms with van der Waals surface area (Å²) in [4.78, 5) is 56.0. The Hall–Kier alpha value is -3.86. The summed E-state index contributed by atoms with van der Waals surface area (Å²) in [7, 11) is 1.75. The van der Waals surface area contributed by atoms with Gasteiger partial charge in [0.1, 0.15) is 23.2 Å². The number of aromatic nitrogens is 2. The number of methoxy groups -OCH3 is 1. The molecule has 10 atom stereocenters. The van der Waals surface area contributed by atoms with Crippen molar-refractivity contribution >= 4 is 45.5 Å². The number of amides is 2. The molecular weight excluding hydrogens is 867 g/mol. The van der Waals surface area contributed by atoms with Gasteiger partial charge in [-0.25, -0.2) is 5.43 Å². The van der Waals surface area contributed by atoms with Crippen molar-refractivity contribution < 1.29 is 33.3 Å². The number of nitrogens with zero attached hydrogens (tertiary/aromatic N) is 5. The van der Waals surface area contributed by atoms with Crippen LogP contribution in [0.1, 0.15) is 127 Å². The molecule has 2 saturated carbocycles. The van der Waals surface area contributed by atoms with Gasteiger partial charge in [0.2, 0.25) is 5.91 Å². The second kappa shape index (κ2) is 18.8. The Kier molecular flexibility index (Phi) is 13.1. The number of aryl methyl sites for hydroxylation is 1. The number of pyridine rings is 1. The molecule has 2 amide bonds. The van der Waals surface area contributed by atoms with Crippen molar-refractivity contribution in [2.24, 2.45) is 28.2 Å². The fourth-order valence-corrected chi connectivity index (χ4v) is 13.2. The summed E-state index contributed by atoms with van der Waals surface area (Å²) in [5, 5.41) is 6.45. The number of hydrazine groups is 1. The lowest BCUT2D eigenvalue weighted by Gasteiger charge is -2.49. The number of morpholine rings is 1. The van der Waals surface area contributed by atoms with Gasteiger partial charge in [-0.3, -0.25) is 34.3 Å². The predicted molar refractivity (Wildman–Crippen MR) is 260 cm³/mol. The van der Waals surface area contributed by atoms with E-state index in [9.17, 15) is 14.4 Å². The normalized spacial score (nSPS) is 32.7. The van der Waals surface area contributed by atoms with Gasteiger partial charge >= 0.3 is 5.97 Å². The number of cyclic esters (lactones) is 1. The first kappa shape index (κ1) is 46.8. The number of ether oxygens (including phenoxy) is 4. The largest absolute Gasteiger partial charge is 0.464 e. The van der Waals surface area contributed by atoms with E-state index in [1.807, 2.05) is 6.92 Å². The zero-order valence-electron chi connectivity index (χ0n) is 40.7. The molecule has 67 heavy (non-hydrogen) atoms. The Labute approximate surface area is 400 Å². The zero-order chi connectivity index (χ0) is 46.9. The molecule has 15 heteroatoms. The highest BCUT2D eigenvalue weighted by Gasteiger charge is 2.51. The molecule has 1 unspecified atom stereocenters. The summed E-state index contributed by atoms with van der Waals surface area (Å²) in [6, 6.07) is 8.75. The highest BCUT2D eigenvalue weighted by Crippen LogP contribution is 2.48. The van der Waals surface area contributed by atoms with Crippen molar-refractivity contribution in [1.29, 1.82) is 0 Å². The van der Waals surface area contributed by atoms with Crippen LogP contribution in [0.4, 0.5) is 0 Å². The average Bonchev–Trinajstić information content (AvgIpc) is 4.18. The van der Waals surface area contributed by atoms with E-state index in [0.717, 1.165) is 66.0 Å². The summed E-state index contributed by atoms with van der Waals surface area (Å²) >= 11 is 1.59. The van der Waals surface area contributed by atoms with Crippen LogP contribution in [-0.2, 0) is 46.3 Å². The number of hydrogen-bond acceptors (Lipinski definition) is 12. The van der Waals surface area contributed by atoms with Crippen LogP contribution >= 0.6 is 11.8 Å². The summed E-state index contributed by atoms with van der Waals surface area (Å²) in [6.45, 7) is 17.8. The molecule has 3 saturated heterocycles. The number of nitrogens with one attached hydrogen (secondary N) is 2. The molecule has 8 bridgehead atoms. The van der Waals surface area contributed by atoms with Crippen LogP contribution in [0.3, 0.4) is 0 Å². The van der Waals surface area contributed by atoms with Gasteiger partial charge in [0.05, 0.1) is 43.4 Å². The third-order valence-electron chi connectivity index (χ3n) is 16.1. The second-order valence-electron chi connectivity index (χ2n) is 21.3. The first-order chi connectivity index (χ1) is 32.3. The lowest BCUT2D eigenvalue weighted by atomic mass is 9.80. The molecule has 5 aliphatic heterocycles. The van der Waals surface area contributed by atoms with Crippen LogP contribution in [-0.4, -0.2) is 124 Å². The topological polar surface area (TPSA) is 149 Å². The Morgan fingerprint density at radius 1 is 1.04 bits per heavy atom. The highest BCUT2D eigenvalue weighted by molar-refractivity contribution is 8.14. The molecule has 362 valence electrons. The Morgan fingerprint density at radius 3 is 2.49 bits per heavy atom. The quantitative estimate of drug-likeness (QED) is 0.200.